The van der Waals surface area contributed by atoms with E-state index in [2.05, 4.69) is 11.0 Å². The Morgan fingerprint density at radius 1 is 1.19 bits per heavy atom. The number of hydrogen-bond acceptors (Lipinski definition) is 4. The van der Waals surface area contributed by atoms with Gasteiger partial charge in [-0.15, -0.1) is 0 Å². The van der Waals surface area contributed by atoms with Crippen LogP contribution in [0, 0.1) is 0 Å². The summed E-state index contributed by atoms with van der Waals surface area (Å²) in [6.07, 6.45) is 8.12. The van der Waals surface area contributed by atoms with Crippen molar-refractivity contribution in [3.8, 4) is 0 Å². The lowest BCUT2D eigenvalue weighted by molar-refractivity contribution is -0.255. The molecule has 0 aliphatic heterocycles. The SMILES string of the molecule is C/C=C/CCCCOOC(=O)OCCCC. The van der Waals surface area contributed by atoms with Crippen LogP contribution in [0.5, 0.6) is 0 Å². The van der Waals surface area contributed by atoms with E-state index in [9.17, 15) is 4.79 Å². The third kappa shape index (κ3) is 11.0. The summed E-state index contributed by atoms with van der Waals surface area (Å²) in [4.78, 5) is 20.0. The van der Waals surface area contributed by atoms with E-state index in [-0.39, 0.29) is 0 Å². The zero-order valence-electron chi connectivity index (χ0n) is 10.2. The molecule has 0 atom stereocenters. The summed E-state index contributed by atoms with van der Waals surface area (Å²) in [6.45, 7) is 4.82. The first-order valence-electron chi connectivity index (χ1n) is 5.88. The number of hydrogen-bond donors (Lipinski definition) is 0. The molecule has 0 radical (unpaired) electrons. The molecule has 0 unspecified atom stereocenters. The predicted octanol–water partition coefficient (Wildman–Crippen LogP) is 3.62. The van der Waals surface area contributed by atoms with Gasteiger partial charge in [-0.25, -0.2) is 4.79 Å². The van der Waals surface area contributed by atoms with Crippen molar-refractivity contribution in [3.05, 3.63) is 12.2 Å². The number of carbonyl (C=O) groups excluding carboxylic acids is 1. The molecular weight excluding hydrogens is 208 g/mol. The molecule has 4 heteroatoms. The molecule has 0 heterocycles. The second kappa shape index (κ2) is 12.0. The summed E-state index contributed by atoms with van der Waals surface area (Å²) in [7, 11) is 0. The molecule has 0 aromatic heterocycles. The summed E-state index contributed by atoms with van der Waals surface area (Å²) >= 11 is 0. The summed E-state index contributed by atoms with van der Waals surface area (Å²) < 4.78 is 4.73. The highest BCUT2D eigenvalue weighted by Gasteiger charge is 2.03. The highest BCUT2D eigenvalue weighted by atomic mass is 17.2. The minimum atomic E-state index is -0.748. The van der Waals surface area contributed by atoms with Crippen molar-refractivity contribution in [2.45, 2.75) is 46.0 Å². The van der Waals surface area contributed by atoms with Crippen molar-refractivity contribution < 1.29 is 19.3 Å². The van der Waals surface area contributed by atoms with Gasteiger partial charge in [-0.3, -0.25) is 4.89 Å². The summed E-state index contributed by atoms with van der Waals surface area (Å²) in [6, 6.07) is 0. The summed E-state index contributed by atoms with van der Waals surface area (Å²) in [5, 5.41) is 0. The number of allylic oxidation sites excluding steroid dienone is 2. The van der Waals surface area contributed by atoms with E-state index in [1.807, 2.05) is 19.9 Å². The van der Waals surface area contributed by atoms with Crippen LogP contribution in [0.2, 0.25) is 0 Å². The fourth-order valence-corrected chi connectivity index (χ4v) is 1.00. The largest absolute Gasteiger partial charge is 0.540 e. The molecule has 0 aliphatic rings. The standard InChI is InChI=1S/C12H22O4/c1-3-5-7-8-9-11-15-16-12(13)14-10-6-4-2/h3,5H,4,6-11H2,1-2H3/b5-3+. The number of rotatable bonds is 9. The third-order valence-corrected chi connectivity index (χ3v) is 1.93. The molecule has 0 amide bonds. The lowest BCUT2D eigenvalue weighted by Gasteiger charge is -2.03. The Kier molecular flexibility index (Phi) is 11.3. The normalized spacial score (nSPS) is 10.6. The van der Waals surface area contributed by atoms with Crippen molar-refractivity contribution in [2.75, 3.05) is 13.2 Å². The molecular formula is C12H22O4. The minimum Gasteiger partial charge on any atom is -0.432 e. The van der Waals surface area contributed by atoms with E-state index in [0.29, 0.717) is 13.2 Å². The summed E-state index contributed by atoms with van der Waals surface area (Å²) in [5.41, 5.74) is 0. The number of carbonyl (C=O) groups is 1. The van der Waals surface area contributed by atoms with Crippen LogP contribution in [0.3, 0.4) is 0 Å². The molecule has 0 fully saturated rings. The van der Waals surface area contributed by atoms with Gasteiger partial charge >= 0.3 is 6.16 Å². The first kappa shape index (κ1) is 15.0. The van der Waals surface area contributed by atoms with Crippen molar-refractivity contribution in [1.82, 2.24) is 0 Å². The Balaban J connectivity index is 3.15. The maximum atomic E-state index is 10.9. The Hall–Kier alpha value is -1.03. The Bertz CT molecular complexity index is 189. The van der Waals surface area contributed by atoms with Crippen LogP contribution in [0.25, 0.3) is 0 Å². The van der Waals surface area contributed by atoms with E-state index in [4.69, 9.17) is 9.62 Å². The maximum Gasteiger partial charge on any atom is 0.540 e. The van der Waals surface area contributed by atoms with Crippen molar-refractivity contribution in [2.24, 2.45) is 0 Å². The van der Waals surface area contributed by atoms with E-state index in [1.165, 1.54) is 0 Å². The molecule has 0 bridgehead atoms. The molecule has 4 nitrogen and oxygen atoms in total. The Labute approximate surface area is 97.5 Å². The monoisotopic (exact) mass is 230 g/mol. The topological polar surface area (TPSA) is 44.8 Å². The van der Waals surface area contributed by atoms with Crippen molar-refractivity contribution in [3.63, 3.8) is 0 Å². The number of unbranched alkanes of at least 4 members (excludes halogenated alkanes) is 3. The quantitative estimate of drug-likeness (QED) is 0.199. The molecule has 0 rings (SSSR count). The van der Waals surface area contributed by atoms with Crippen LogP contribution < -0.4 is 0 Å². The first-order valence-corrected chi connectivity index (χ1v) is 5.88. The smallest absolute Gasteiger partial charge is 0.432 e. The fourth-order valence-electron chi connectivity index (χ4n) is 1.00. The van der Waals surface area contributed by atoms with Gasteiger partial charge in [-0.1, -0.05) is 25.5 Å². The zero-order chi connectivity index (χ0) is 12.1. The highest BCUT2D eigenvalue weighted by molar-refractivity contribution is 5.58. The molecule has 0 saturated heterocycles. The Morgan fingerprint density at radius 2 is 2.00 bits per heavy atom. The molecule has 0 aliphatic carbocycles. The van der Waals surface area contributed by atoms with Gasteiger partial charge in [0.05, 0.1) is 13.2 Å². The molecule has 0 spiro atoms. The van der Waals surface area contributed by atoms with Crippen molar-refractivity contribution in [1.29, 1.82) is 0 Å². The molecule has 0 saturated carbocycles. The molecule has 0 N–H and O–H groups in total. The molecule has 0 aromatic rings. The van der Waals surface area contributed by atoms with Crippen molar-refractivity contribution >= 4 is 6.16 Å². The average Bonchev–Trinajstić information content (AvgIpc) is 2.28. The van der Waals surface area contributed by atoms with Gasteiger partial charge in [0.1, 0.15) is 0 Å². The van der Waals surface area contributed by atoms with Crippen LogP contribution in [0.15, 0.2) is 12.2 Å². The van der Waals surface area contributed by atoms with Gasteiger partial charge in [0.25, 0.3) is 0 Å². The zero-order valence-corrected chi connectivity index (χ0v) is 10.2. The predicted molar refractivity (Wildman–Crippen MR) is 62.0 cm³/mol. The maximum absolute atomic E-state index is 10.9. The minimum absolute atomic E-state index is 0.389. The first-order chi connectivity index (χ1) is 7.81. The molecule has 94 valence electrons. The van der Waals surface area contributed by atoms with Gasteiger partial charge < -0.3 is 4.74 Å². The van der Waals surface area contributed by atoms with Crippen LogP contribution in [0.4, 0.5) is 4.79 Å². The van der Waals surface area contributed by atoms with E-state index in [1.54, 1.807) is 0 Å². The molecule has 0 aromatic carbocycles. The van der Waals surface area contributed by atoms with Gasteiger partial charge in [0, 0.05) is 0 Å². The lowest BCUT2D eigenvalue weighted by Crippen LogP contribution is -2.09. The van der Waals surface area contributed by atoms with E-state index < -0.39 is 6.16 Å². The van der Waals surface area contributed by atoms with Crippen LogP contribution in [0.1, 0.15) is 46.0 Å². The second-order valence-electron chi connectivity index (χ2n) is 3.42. The van der Waals surface area contributed by atoms with Crippen LogP contribution in [-0.2, 0) is 14.5 Å². The Morgan fingerprint density at radius 3 is 2.69 bits per heavy atom. The average molecular weight is 230 g/mol. The van der Waals surface area contributed by atoms with Gasteiger partial charge in [0.2, 0.25) is 0 Å². The highest BCUT2D eigenvalue weighted by Crippen LogP contribution is 1.98. The number of ether oxygens (including phenoxy) is 1. The van der Waals surface area contributed by atoms with Crippen LogP contribution in [-0.4, -0.2) is 19.4 Å². The van der Waals surface area contributed by atoms with Gasteiger partial charge in [-0.05, 0) is 32.6 Å². The van der Waals surface area contributed by atoms with E-state index in [0.717, 1.165) is 32.1 Å². The van der Waals surface area contributed by atoms with E-state index >= 15 is 0 Å². The summed E-state index contributed by atoms with van der Waals surface area (Å²) in [5.74, 6) is 0. The second-order valence-corrected chi connectivity index (χ2v) is 3.42. The molecule has 16 heavy (non-hydrogen) atoms. The third-order valence-electron chi connectivity index (χ3n) is 1.93. The van der Waals surface area contributed by atoms with Gasteiger partial charge in [0.15, 0.2) is 0 Å². The fraction of sp³-hybridized carbons (Fsp3) is 0.750. The van der Waals surface area contributed by atoms with Crippen LogP contribution >= 0.6 is 0 Å². The lowest BCUT2D eigenvalue weighted by atomic mass is 10.2. The van der Waals surface area contributed by atoms with Gasteiger partial charge in [-0.2, -0.15) is 4.89 Å².